The topological polar surface area (TPSA) is 98.2 Å². The van der Waals surface area contributed by atoms with Crippen molar-refractivity contribution in [3.05, 3.63) is 46.9 Å². The van der Waals surface area contributed by atoms with Gasteiger partial charge in [0.1, 0.15) is 12.1 Å². The fourth-order valence-corrected chi connectivity index (χ4v) is 3.63. The van der Waals surface area contributed by atoms with Crippen LogP contribution in [0, 0.1) is 6.92 Å². The molecule has 9 heteroatoms. The van der Waals surface area contributed by atoms with Crippen LogP contribution < -0.4 is 9.80 Å². The average molecular weight is 399 g/mol. The Morgan fingerprint density at radius 3 is 2.71 bits per heavy atom. The first-order chi connectivity index (χ1) is 13.5. The van der Waals surface area contributed by atoms with E-state index in [1.165, 1.54) is 18.0 Å². The maximum atomic E-state index is 10.9. The molecular formula is C19H19ClN6O2. The first-order valence-electron chi connectivity index (χ1n) is 8.89. The number of carboxylic acids is 1. The maximum absolute atomic E-state index is 10.9. The van der Waals surface area contributed by atoms with E-state index in [0.29, 0.717) is 11.3 Å². The van der Waals surface area contributed by atoms with Crippen LogP contribution in [0.25, 0.3) is 17.1 Å². The summed E-state index contributed by atoms with van der Waals surface area (Å²) < 4.78 is 0. The molecule has 3 aromatic rings. The third kappa shape index (κ3) is 3.50. The van der Waals surface area contributed by atoms with Crippen molar-refractivity contribution in [1.29, 1.82) is 0 Å². The Morgan fingerprint density at radius 1 is 1.21 bits per heavy atom. The number of nitrogens with zero attached hydrogens (tertiary/aromatic N) is 5. The van der Waals surface area contributed by atoms with Crippen molar-refractivity contribution in [2.45, 2.75) is 6.92 Å². The fourth-order valence-electron chi connectivity index (χ4n) is 3.46. The number of halogens is 1. The lowest BCUT2D eigenvalue weighted by atomic mass is 10.1. The SMILES string of the molecule is Cc1ccc(Cl)cc1N1CCN(c2ncnc3n[nH]c(C=CC(=O)O)c23)CC1. The number of carboxylic acid groups (broad SMARTS) is 1. The summed E-state index contributed by atoms with van der Waals surface area (Å²) in [6, 6.07) is 5.93. The number of benzene rings is 1. The molecule has 0 unspecified atom stereocenters. The molecule has 0 atom stereocenters. The van der Waals surface area contributed by atoms with E-state index in [2.05, 4.69) is 36.9 Å². The van der Waals surface area contributed by atoms with E-state index in [-0.39, 0.29) is 0 Å². The predicted molar refractivity (Wildman–Crippen MR) is 109 cm³/mol. The van der Waals surface area contributed by atoms with Crippen LogP contribution in [0.2, 0.25) is 5.02 Å². The number of hydrogen-bond acceptors (Lipinski definition) is 6. The van der Waals surface area contributed by atoms with E-state index >= 15 is 0 Å². The first kappa shape index (κ1) is 18.2. The van der Waals surface area contributed by atoms with Gasteiger partial charge >= 0.3 is 5.97 Å². The number of fused-ring (bicyclic) bond motifs is 1. The molecule has 4 rings (SSSR count). The number of rotatable bonds is 4. The van der Waals surface area contributed by atoms with Crippen molar-refractivity contribution in [3.63, 3.8) is 0 Å². The minimum atomic E-state index is -1.02. The lowest BCUT2D eigenvalue weighted by molar-refractivity contribution is -0.131. The normalized spacial score (nSPS) is 14.9. The first-order valence-corrected chi connectivity index (χ1v) is 9.27. The van der Waals surface area contributed by atoms with Crippen LogP contribution in [-0.4, -0.2) is 57.4 Å². The second-order valence-electron chi connectivity index (χ2n) is 6.61. The van der Waals surface area contributed by atoms with E-state index in [1.807, 2.05) is 18.2 Å². The Hall–Kier alpha value is -3.13. The summed E-state index contributed by atoms with van der Waals surface area (Å²) in [5, 5.41) is 17.4. The van der Waals surface area contributed by atoms with Gasteiger partial charge in [0, 0.05) is 43.0 Å². The Morgan fingerprint density at radius 2 is 1.96 bits per heavy atom. The van der Waals surface area contributed by atoms with Crippen molar-refractivity contribution < 1.29 is 9.90 Å². The summed E-state index contributed by atoms with van der Waals surface area (Å²) in [6.07, 6.45) is 4.04. The van der Waals surface area contributed by atoms with Crippen molar-refractivity contribution in [3.8, 4) is 0 Å². The molecule has 1 saturated heterocycles. The highest BCUT2D eigenvalue weighted by Gasteiger charge is 2.23. The Kier molecular flexibility index (Phi) is 4.87. The summed E-state index contributed by atoms with van der Waals surface area (Å²) in [6.45, 7) is 5.27. The molecule has 0 aliphatic carbocycles. The molecule has 144 valence electrons. The van der Waals surface area contributed by atoms with Crippen LogP contribution in [0.1, 0.15) is 11.3 Å². The molecule has 0 saturated carbocycles. The molecule has 28 heavy (non-hydrogen) atoms. The van der Waals surface area contributed by atoms with Crippen molar-refractivity contribution in [1.82, 2.24) is 20.2 Å². The Bertz CT molecular complexity index is 1060. The Balaban J connectivity index is 1.59. The number of anilines is 2. The molecule has 2 aromatic heterocycles. The second-order valence-corrected chi connectivity index (χ2v) is 7.05. The number of nitrogens with one attached hydrogen (secondary N) is 1. The highest BCUT2D eigenvalue weighted by atomic mass is 35.5. The van der Waals surface area contributed by atoms with Gasteiger partial charge in [0.05, 0.1) is 11.1 Å². The zero-order valence-corrected chi connectivity index (χ0v) is 16.0. The number of aryl methyl sites for hydroxylation is 1. The minimum absolute atomic E-state index is 0.517. The van der Waals surface area contributed by atoms with Crippen LogP contribution >= 0.6 is 11.6 Å². The maximum Gasteiger partial charge on any atom is 0.328 e. The van der Waals surface area contributed by atoms with Gasteiger partial charge in [-0.05, 0) is 30.7 Å². The van der Waals surface area contributed by atoms with Crippen LogP contribution in [-0.2, 0) is 4.79 Å². The van der Waals surface area contributed by atoms with Gasteiger partial charge < -0.3 is 14.9 Å². The standard InChI is InChI=1S/C19H19ClN6O2/c1-12-2-3-13(20)10-15(12)25-6-8-26(9-7-25)19-17-14(4-5-16(27)28)23-24-18(17)21-11-22-19/h2-5,10-11H,6-9H2,1H3,(H,27,28)(H,21,22,23,24). The highest BCUT2D eigenvalue weighted by molar-refractivity contribution is 6.30. The molecule has 0 amide bonds. The van der Waals surface area contributed by atoms with Gasteiger partial charge in [-0.15, -0.1) is 0 Å². The smallest absolute Gasteiger partial charge is 0.328 e. The van der Waals surface area contributed by atoms with Gasteiger partial charge in [-0.3, -0.25) is 5.10 Å². The molecule has 1 fully saturated rings. The summed E-state index contributed by atoms with van der Waals surface area (Å²) in [5.74, 6) is -0.266. The average Bonchev–Trinajstić information content (AvgIpc) is 3.12. The molecule has 8 nitrogen and oxygen atoms in total. The molecule has 3 heterocycles. The lowest BCUT2D eigenvalue weighted by Crippen LogP contribution is -2.47. The van der Waals surface area contributed by atoms with Gasteiger partial charge in [-0.2, -0.15) is 5.10 Å². The fraction of sp³-hybridized carbons (Fsp3) is 0.263. The van der Waals surface area contributed by atoms with Crippen LogP contribution in [0.4, 0.5) is 11.5 Å². The number of carbonyl (C=O) groups is 1. The van der Waals surface area contributed by atoms with Crippen molar-refractivity contribution in [2.24, 2.45) is 0 Å². The van der Waals surface area contributed by atoms with Crippen LogP contribution in [0.3, 0.4) is 0 Å². The summed E-state index contributed by atoms with van der Waals surface area (Å²) >= 11 is 6.17. The van der Waals surface area contributed by atoms with Crippen LogP contribution in [0.5, 0.6) is 0 Å². The third-order valence-electron chi connectivity index (χ3n) is 4.84. The molecule has 1 aliphatic heterocycles. The molecule has 0 spiro atoms. The number of aliphatic carboxylic acids is 1. The van der Waals surface area contributed by atoms with Crippen molar-refractivity contribution in [2.75, 3.05) is 36.0 Å². The quantitative estimate of drug-likeness (QED) is 0.652. The summed E-state index contributed by atoms with van der Waals surface area (Å²) in [7, 11) is 0. The van der Waals surface area contributed by atoms with Gasteiger partial charge in [0.25, 0.3) is 0 Å². The van der Waals surface area contributed by atoms with Gasteiger partial charge in [-0.1, -0.05) is 17.7 Å². The van der Waals surface area contributed by atoms with E-state index in [1.54, 1.807) is 0 Å². The van der Waals surface area contributed by atoms with E-state index < -0.39 is 5.97 Å². The monoisotopic (exact) mass is 398 g/mol. The predicted octanol–water partition coefficient (Wildman–Crippen LogP) is 2.74. The number of aromatic amines is 1. The number of aromatic nitrogens is 4. The van der Waals surface area contributed by atoms with Crippen LogP contribution in [0.15, 0.2) is 30.6 Å². The molecule has 2 N–H and O–H groups in total. The zero-order valence-electron chi connectivity index (χ0n) is 15.3. The van der Waals surface area contributed by atoms with Gasteiger partial charge in [0.2, 0.25) is 0 Å². The second kappa shape index (κ2) is 7.47. The minimum Gasteiger partial charge on any atom is -0.478 e. The molecule has 0 bridgehead atoms. The summed E-state index contributed by atoms with van der Waals surface area (Å²) in [5.41, 5.74) is 3.44. The van der Waals surface area contributed by atoms with Gasteiger partial charge in [0.15, 0.2) is 5.65 Å². The number of hydrogen-bond donors (Lipinski definition) is 2. The van der Waals surface area contributed by atoms with E-state index in [9.17, 15) is 4.79 Å². The summed E-state index contributed by atoms with van der Waals surface area (Å²) in [4.78, 5) is 24.0. The lowest BCUT2D eigenvalue weighted by Gasteiger charge is -2.37. The Labute approximate surface area is 166 Å². The van der Waals surface area contributed by atoms with Crippen molar-refractivity contribution >= 4 is 46.2 Å². The molecule has 1 aliphatic rings. The molecule has 0 radical (unpaired) electrons. The largest absolute Gasteiger partial charge is 0.478 e. The number of piperazine rings is 1. The molecule has 1 aromatic carbocycles. The van der Waals surface area contributed by atoms with E-state index in [0.717, 1.165) is 54.2 Å². The van der Waals surface area contributed by atoms with E-state index in [4.69, 9.17) is 16.7 Å². The molecular weight excluding hydrogens is 380 g/mol. The zero-order chi connectivity index (χ0) is 19.7. The highest BCUT2D eigenvalue weighted by Crippen LogP contribution is 2.29. The van der Waals surface area contributed by atoms with Gasteiger partial charge in [-0.25, -0.2) is 14.8 Å². The third-order valence-corrected chi connectivity index (χ3v) is 5.08. The number of H-pyrrole nitrogens is 1.